The smallest absolute Gasteiger partial charge is 0.314 e. The predicted molar refractivity (Wildman–Crippen MR) is 129 cm³/mol. The summed E-state index contributed by atoms with van der Waals surface area (Å²) >= 11 is 0. The lowest BCUT2D eigenvalue weighted by molar-refractivity contribution is 0.416. The van der Waals surface area contributed by atoms with Gasteiger partial charge in [-0.25, -0.2) is 8.42 Å². The molecule has 0 unspecified atom stereocenters. The van der Waals surface area contributed by atoms with E-state index in [9.17, 15) is 18.0 Å². The molecular weight excluding hydrogens is 442 g/mol. The molecule has 0 aliphatic carbocycles. The number of benzene rings is 3. The van der Waals surface area contributed by atoms with Crippen molar-refractivity contribution in [1.82, 2.24) is 9.97 Å². The third-order valence-corrected chi connectivity index (χ3v) is 6.99. The lowest BCUT2D eigenvalue weighted by Gasteiger charge is -2.17. The van der Waals surface area contributed by atoms with Crippen molar-refractivity contribution in [2.75, 3.05) is 11.8 Å². The maximum Gasteiger partial charge on any atom is 0.314 e. The summed E-state index contributed by atoms with van der Waals surface area (Å²) in [7, 11) is -2.36. The lowest BCUT2D eigenvalue weighted by atomic mass is 9.94. The van der Waals surface area contributed by atoms with E-state index in [2.05, 4.69) is 14.7 Å². The molecule has 33 heavy (non-hydrogen) atoms. The molecule has 0 atom stereocenters. The number of rotatable bonds is 5. The number of aromatic nitrogens is 2. The lowest BCUT2D eigenvalue weighted by Crippen LogP contribution is -2.29. The van der Waals surface area contributed by atoms with Crippen molar-refractivity contribution in [1.29, 1.82) is 0 Å². The second-order valence-corrected chi connectivity index (χ2v) is 9.51. The third kappa shape index (κ3) is 4.14. The molecule has 3 aromatic carbocycles. The van der Waals surface area contributed by atoms with Crippen LogP contribution in [0.15, 0.2) is 63.0 Å². The number of aryl methyl sites for hydroxylation is 3. The summed E-state index contributed by atoms with van der Waals surface area (Å²) in [5, 5.41) is 0. The van der Waals surface area contributed by atoms with E-state index in [0.29, 0.717) is 16.8 Å². The number of H-pyrrole nitrogens is 2. The van der Waals surface area contributed by atoms with Gasteiger partial charge in [0, 0.05) is 11.3 Å². The van der Waals surface area contributed by atoms with Gasteiger partial charge in [0.1, 0.15) is 5.75 Å². The molecule has 0 amide bonds. The van der Waals surface area contributed by atoms with E-state index in [0.717, 1.165) is 28.0 Å². The Morgan fingerprint density at radius 3 is 2.00 bits per heavy atom. The Labute approximate surface area is 190 Å². The van der Waals surface area contributed by atoms with Gasteiger partial charge < -0.3 is 14.7 Å². The second-order valence-electron chi connectivity index (χ2n) is 7.86. The van der Waals surface area contributed by atoms with Crippen LogP contribution in [0.5, 0.6) is 5.75 Å². The van der Waals surface area contributed by atoms with Crippen molar-refractivity contribution in [2.45, 2.75) is 25.7 Å². The molecule has 4 aromatic rings. The van der Waals surface area contributed by atoms with Gasteiger partial charge in [0.05, 0.1) is 23.0 Å². The number of aromatic amines is 2. The molecule has 0 aliphatic heterocycles. The van der Waals surface area contributed by atoms with E-state index >= 15 is 0 Å². The van der Waals surface area contributed by atoms with E-state index in [1.807, 2.05) is 38.1 Å². The van der Waals surface area contributed by atoms with Gasteiger partial charge in [0.15, 0.2) is 0 Å². The fourth-order valence-electron chi connectivity index (χ4n) is 4.05. The summed E-state index contributed by atoms with van der Waals surface area (Å²) < 4.78 is 34.5. The average Bonchev–Trinajstić information content (AvgIpc) is 2.74. The molecule has 0 radical (unpaired) electrons. The Hall–Kier alpha value is -3.85. The van der Waals surface area contributed by atoms with Crippen LogP contribution in [0.1, 0.15) is 16.7 Å². The van der Waals surface area contributed by atoms with Crippen LogP contribution < -0.4 is 20.6 Å². The SMILES string of the molecule is COc1ccccc1-c1c(C)cc(NS(=O)(=O)c2cc3[nH]c(=O)c(=O)[nH]c3cc2C)cc1C. The standard InChI is InChI=1S/C24H23N3O5S/c1-13-11-18-19(26-24(29)23(28)25-18)12-21(13)33(30,31)27-16-9-14(2)22(15(3)10-16)17-7-5-6-8-20(17)32-4/h5-12,27H,1-4H3,(H,25,28)(H,26,29). The number of sulfonamides is 1. The Kier molecular flexibility index (Phi) is 5.59. The zero-order valence-electron chi connectivity index (χ0n) is 18.6. The highest BCUT2D eigenvalue weighted by molar-refractivity contribution is 7.92. The second kappa shape index (κ2) is 8.25. The van der Waals surface area contributed by atoms with Crippen molar-refractivity contribution >= 4 is 26.7 Å². The molecule has 3 N–H and O–H groups in total. The van der Waals surface area contributed by atoms with Crippen LogP contribution in [0.4, 0.5) is 5.69 Å². The van der Waals surface area contributed by atoms with Crippen molar-refractivity contribution in [3.63, 3.8) is 0 Å². The highest BCUT2D eigenvalue weighted by Gasteiger charge is 2.20. The summed E-state index contributed by atoms with van der Waals surface area (Å²) in [6.07, 6.45) is 0. The molecule has 1 heterocycles. The maximum atomic E-state index is 13.2. The number of fused-ring (bicyclic) bond motifs is 1. The first-order valence-corrected chi connectivity index (χ1v) is 11.6. The molecule has 0 aliphatic rings. The predicted octanol–water partition coefficient (Wildman–Crippen LogP) is 3.62. The zero-order chi connectivity index (χ0) is 23.9. The maximum absolute atomic E-state index is 13.2. The molecule has 9 heteroatoms. The van der Waals surface area contributed by atoms with Gasteiger partial charge in [0.25, 0.3) is 10.0 Å². The highest BCUT2D eigenvalue weighted by Crippen LogP contribution is 2.36. The Bertz CT molecular complexity index is 1590. The van der Waals surface area contributed by atoms with Crippen LogP contribution in [-0.2, 0) is 10.0 Å². The van der Waals surface area contributed by atoms with Crippen molar-refractivity contribution < 1.29 is 13.2 Å². The highest BCUT2D eigenvalue weighted by atomic mass is 32.2. The van der Waals surface area contributed by atoms with Crippen LogP contribution in [0.3, 0.4) is 0 Å². The molecule has 0 saturated heterocycles. The number of methoxy groups -OCH3 is 1. The van der Waals surface area contributed by atoms with Gasteiger partial charge in [-0.15, -0.1) is 0 Å². The Morgan fingerprint density at radius 1 is 0.818 bits per heavy atom. The van der Waals surface area contributed by atoms with Crippen molar-refractivity contribution in [3.8, 4) is 16.9 Å². The molecule has 8 nitrogen and oxygen atoms in total. The van der Waals surface area contributed by atoms with Gasteiger partial charge in [-0.2, -0.15) is 0 Å². The first kappa shape index (κ1) is 22.3. The summed E-state index contributed by atoms with van der Waals surface area (Å²) in [5.74, 6) is 0.732. The van der Waals surface area contributed by atoms with Crippen molar-refractivity contribution in [3.05, 3.63) is 85.9 Å². The molecule has 0 bridgehead atoms. The third-order valence-electron chi connectivity index (χ3n) is 5.47. The molecule has 0 spiro atoms. The first-order valence-electron chi connectivity index (χ1n) is 10.1. The van der Waals surface area contributed by atoms with Crippen LogP contribution in [0.25, 0.3) is 22.2 Å². The summed E-state index contributed by atoms with van der Waals surface area (Å²) in [4.78, 5) is 28.1. The normalized spacial score (nSPS) is 11.5. The number of anilines is 1. The van der Waals surface area contributed by atoms with Crippen molar-refractivity contribution in [2.24, 2.45) is 0 Å². The average molecular weight is 466 g/mol. The van der Waals surface area contributed by atoms with Gasteiger partial charge in [-0.3, -0.25) is 14.3 Å². The Balaban J connectivity index is 1.76. The summed E-state index contributed by atoms with van der Waals surface area (Å²) in [5.41, 5.74) is 3.44. The quantitative estimate of drug-likeness (QED) is 0.389. The fraction of sp³-hybridized carbons (Fsp3) is 0.167. The van der Waals surface area contributed by atoms with E-state index in [1.54, 1.807) is 26.2 Å². The minimum absolute atomic E-state index is 0.00168. The summed E-state index contributed by atoms with van der Waals surface area (Å²) in [6, 6.07) is 14.0. The number of hydrogen-bond acceptors (Lipinski definition) is 5. The first-order chi connectivity index (χ1) is 15.6. The molecule has 4 rings (SSSR count). The number of para-hydroxylation sites is 1. The van der Waals surface area contributed by atoms with Crippen LogP contribution in [0.2, 0.25) is 0 Å². The van der Waals surface area contributed by atoms with Gasteiger partial charge in [-0.1, -0.05) is 18.2 Å². The number of nitrogens with one attached hydrogen (secondary N) is 3. The zero-order valence-corrected chi connectivity index (χ0v) is 19.4. The van der Waals surface area contributed by atoms with E-state index in [-0.39, 0.29) is 10.4 Å². The van der Waals surface area contributed by atoms with E-state index < -0.39 is 21.1 Å². The Morgan fingerprint density at radius 2 is 1.39 bits per heavy atom. The largest absolute Gasteiger partial charge is 0.496 e. The monoisotopic (exact) mass is 465 g/mol. The molecule has 0 saturated carbocycles. The molecular formula is C24H23N3O5S. The minimum Gasteiger partial charge on any atom is -0.496 e. The molecule has 170 valence electrons. The van der Waals surface area contributed by atoms with Crippen LogP contribution >= 0.6 is 0 Å². The summed E-state index contributed by atoms with van der Waals surface area (Å²) in [6.45, 7) is 5.45. The van der Waals surface area contributed by atoms with Gasteiger partial charge in [-0.05, 0) is 73.4 Å². The van der Waals surface area contributed by atoms with Crippen LogP contribution in [-0.4, -0.2) is 25.5 Å². The van der Waals surface area contributed by atoms with Gasteiger partial charge >= 0.3 is 11.1 Å². The van der Waals surface area contributed by atoms with E-state index in [4.69, 9.17) is 4.74 Å². The molecule has 1 aromatic heterocycles. The number of hydrogen-bond donors (Lipinski definition) is 3. The van der Waals surface area contributed by atoms with Crippen LogP contribution in [0, 0.1) is 20.8 Å². The van der Waals surface area contributed by atoms with Gasteiger partial charge in [0.2, 0.25) is 0 Å². The fourth-order valence-corrected chi connectivity index (χ4v) is 5.35. The number of ether oxygens (including phenoxy) is 1. The topological polar surface area (TPSA) is 121 Å². The molecule has 0 fully saturated rings. The minimum atomic E-state index is -3.97. The van der Waals surface area contributed by atoms with E-state index in [1.165, 1.54) is 12.1 Å².